The van der Waals surface area contributed by atoms with Gasteiger partial charge in [0.1, 0.15) is 12.3 Å². The number of anilines is 2. The van der Waals surface area contributed by atoms with Crippen LogP contribution >= 0.6 is 11.6 Å². The zero-order valence-corrected chi connectivity index (χ0v) is 15.9. The first-order chi connectivity index (χ1) is 12.8. The minimum Gasteiger partial charge on any atom is -0.497 e. The number of carbonyl (C=O) groups excluding carboxylic acids is 3. The van der Waals surface area contributed by atoms with E-state index < -0.39 is 17.8 Å². The lowest BCUT2D eigenvalue weighted by Crippen LogP contribution is -2.37. The van der Waals surface area contributed by atoms with Crippen LogP contribution in [0, 0.1) is 0 Å². The summed E-state index contributed by atoms with van der Waals surface area (Å²) in [6, 6.07) is 11.1. The van der Waals surface area contributed by atoms with E-state index in [4.69, 9.17) is 16.3 Å². The topological polar surface area (TPSA) is 84.9 Å². The van der Waals surface area contributed by atoms with Crippen LogP contribution in [0.5, 0.6) is 5.75 Å². The van der Waals surface area contributed by atoms with Crippen molar-refractivity contribution in [1.29, 1.82) is 0 Å². The van der Waals surface area contributed by atoms with E-state index in [1.165, 1.54) is 37.1 Å². The summed E-state index contributed by atoms with van der Waals surface area (Å²) in [6.07, 6.45) is 0. The van der Waals surface area contributed by atoms with Gasteiger partial charge in [0.25, 0.3) is 0 Å². The van der Waals surface area contributed by atoms with Crippen LogP contribution in [-0.2, 0) is 14.3 Å². The van der Waals surface area contributed by atoms with Crippen molar-refractivity contribution in [1.82, 2.24) is 0 Å². The van der Waals surface area contributed by atoms with Gasteiger partial charge in [-0.3, -0.25) is 9.59 Å². The third kappa shape index (κ3) is 5.21. The molecule has 2 rings (SSSR count). The highest BCUT2D eigenvalue weighted by Gasteiger charge is 2.20. The molecule has 2 aromatic carbocycles. The van der Waals surface area contributed by atoms with Gasteiger partial charge in [0.2, 0.25) is 11.8 Å². The van der Waals surface area contributed by atoms with E-state index in [-0.39, 0.29) is 22.8 Å². The van der Waals surface area contributed by atoms with E-state index in [0.29, 0.717) is 11.4 Å². The Hall–Kier alpha value is -3.06. The molecule has 0 aliphatic rings. The lowest BCUT2D eigenvalue weighted by atomic mass is 10.2. The highest BCUT2D eigenvalue weighted by Crippen LogP contribution is 2.28. The third-order valence-electron chi connectivity index (χ3n) is 3.71. The Bertz CT molecular complexity index is 852. The minimum absolute atomic E-state index is 0.221. The molecule has 0 aliphatic heterocycles. The maximum absolute atomic E-state index is 12.4. The van der Waals surface area contributed by atoms with E-state index in [9.17, 15) is 14.4 Å². The first-order valence-corrected chi connectivity index (χ1v) is 8.33. The van der Waals surface area contributed by atoms with E-state index >= 15 is 0 Å². The van der Waals surface area contributed by atoms with Gasteiger partial charge >= 0.3 is 5.97 Å². The molecular weight excluding hydrogens is 372 g/mol. The van der Waals surface area contributed by atoms with Gasteiger partial charge in [0, 0.05) is 12.6 Å². The molecule has 2 amide bonds. The second-order valence-corrected chi connectivity index (χ2v) is 5.95. The summed E-state index contributed by atoms with van der Waals surface area (Å²) in [5.74, 6) is -0.734. The number of hydrogen-bond donors (Lipinski definition) is 1. The Labute approximate surface area is 161 Å². The van der Waals surface area contributed by atoms with E-state index in [1.54, 1.807) is 31.4 Å². The fourth-order valence-corrected chi connectivity index (χ4v) is 2.57. The van der Waals surface area contributed by atoms with Crippen LogP contribution in [0.15, 0.2) is 42.5 Å². The van der Waals surface area contributed by atoms with Crippen LogP contribution in [0.2, 0.25) is 5.02 Å². The number of rotatable bonds is 6. The molecule has 2 aromatic rings. The predicted molar refractivity (Wildman–Crippen MR) is 102 cm³/mol. The van der Waals surface area contributed by atoms with Gasteiger partial charge in [-0.15, -0.1) is 0 Å². The molecule has 27 heavy (non-hydrogen) atoms. The summed E-state index contributed by atoms with van der Waals surface area (Å²) in [6.45, 7) is 1.04. The van der Waals surface area contributed by atoms with Gasteiger partial charge in [-0.05, 0) is 42.5 Å². The molecule has 0 saturated heterocycles. The van der Waals surface area contributed by atoms with Gasteiger partial charge in [0.15, 0.2) is 0 Å². The molecule has 0 aliphatic carbocycles. The van der Waals surface area contributed by atoms with Crippen molar-refractivity contribution in [3.63, 3.8) is 0 Å². The van der Waals surface area contributed by atoms with Crippen molar-refractivity contribution in [2.24, 2.45) is 0 Å². The molecule has 0 fully saturated rings. The van der Waals surface area contributed by atoms with Crippen LogP contribution in [0.25, 0.3) is 0 Å². The monoisotopic (exact) mass is 390 g/mol. The van der Waals surface area contributed by atoms with Crippen molar-refractivity contribution in [3.05, 3.63) is 53.1 Å². The molecule has 0 saturated carbocycles. The van der Waals surface area contributed by atoms with E-state index in [2.05, 4.69) is 10.1 Å². The van der Waals surface area contributed by atoms with Crippen LogP contribution in [0.3, 0.4) is 0 Å². The summed E-state index contributed by atoms with van der Waals surface area (Å²) in [5, 5.41) is 2.92. The van der Waals surface area contributed by atoms with Gasteiger partial charge in [-0.25, -0.2) is 4.79 Å². The number of carbonyl (C=O) groups is 3. The molecule has 0 heterocycles. The third-order valence-corrected chi connectivity index (χ3v) is 4.03. The van der Waals surface area contributed by atoms with Crippen LogP contribution < -0.4 is 15.0 Å². The molecule has 0 spiro atoms. The Balaban J connectivity index is 2.20. The number of ether oxygens (including phenoxy) is 2. The largest absolute Gasteiger partial charge is 0.497 e. The molecule has 8 heteroatoms. The average molecular weight is 391 g/mol. The van der Waals surface area contributed by atoms with Crippen LogP contribution in [-0.4, -0.2) is 38.5 Å². The number of nitrogens with one attached hydrogen (secondary N) is 1. The second-order valence-electron chi connectivity index (χ2n) is 5.54. The smallest absolute Gasteiger partial charge is 0.337 e. The molecule has 0 radical (unpaired) electrons. The zero-order chi connectivity index (χ0) is 20.0. The summed E-state index contributed by atoms with van der Waals surface area (Å²) in [7, 11) is 2.80. The van der Waals surface area contributed by atoms with E-state index in [1.807, 2.05) is 0 Å². The first kappa shape index (κ1) is 20.3. The first-order valence-electron chi connectivity index (χ1n) is 7.95. The number of benzene rings is 2. The maximum Gasteiger partial charge on any atom is 0.337 e. The maximum atomic E-state index is 12.4. The molecule has 0 bridgehead atoms. The fraction of sp³-hybridized carbons (Fsp3) is 0.211. The van der Waals surface area contributed by atoms with Gasteiger partial charge < -0.3 is 19.7 Å². The Kier molecular flexibility index (Phi) is 6.79. The molecule has 0 unspecified atom stereocenters. The van der Waals surface area contributed by atoms with Crippen molar-refractivity contribution in [2.45, 2.75) is 6.92 Å². The minimum atomic E-state index is -0.570. The zero-order valence-electron chi connectivity index (χ0n) is 15.1. The van der Waals surface area contributed by atoms with Gasteiger partial charge in [0.05, 0.1) is 30.5 Å². The second kappa shape index (κ2) is 9.05. The van der Waals surface area contributed by atoms with Gasteiger partial charge in [-0.2, -0.15) is 0 Å². The van der Waals surface area contributed by atoms with Gasteiger partial charge in [-0.1, -0.05) is 11.6 Å². The number of halogens is 1. The standard InChI is InChI=1S/C19H19ClN2O5/c1-12(23)22(17-10-13(19(25)27-3)4-9-16(17)20)11-18(24)21-14-5-7-15(26-2)8-6-14/h4-10H,11H2,1-3H3,(H,21,24). The SMILES string of the molecule is COC(=O)c1ccc(Cl)c(N(CC(=O)Nc2ccc(OC)cc2)C(C)=O)c1. The molecule has 0 aromatic heterocycles. The Morgan fingerprint density at radius 3 is 2.30 bits per heavy atom. The highest BCUT2D eigenvalue weighted by atomic mass is 35.5. The lowest BCUT2D eigenvalue weighted by Gasteiger charge is -2.22. The fourth-order valence-electron chi connectivity index (χ4n) is 2.35. The number of methoxy groups -OCH3 is 2. The van der Waals surface area contributed by atoms with Crippen molar-refractivity contribution in [3.8, 4) is 5.75 Å². The summed E-state index contributed by atoms with van der Waals surface area (Å²) in [4.78, 5) is 37.4. The highest BCUT2D eigenvalue weighted by molar-refractivity contribution is 6.34. The van der Waals surface area contributed by atoms with Crippen LogP contribution in [0.1, 0.15) is 17.3 Å². The molecule has 7 nitrogen and oxygen atoms in total. The number of nitrogens with zero attached hydrogens (tertiary/aromatic N) is 1. The quantitative estimate of drug-likeness (QED) is 0.766. The van der Waals surface area contributed by atoms with Crippen molar-refractivity contribution >= 4 is 40.8 Å². The molecule has 0 atom stereocenters. The summed E-state index contributed by atoms with van der Waals surface area (Å²) < 4.78 is 9.74. The van der Waals surface area contributed by atoms with Crippen molar-refractivity contribution in [2.75, 3.05) is 31.0 Å². The predicted octanol–water partition coefficient (Wildman–Crippen LogP) is 3.13. The molecular formula is C19H19ClN2O5. The average Bonchev–Trinajstić information content (AvgIpc) is 2.66. The Morgan fingerprint density at radius 2 is 1.74 bits per heavy atom. The number of esters is 1. The van der Waals surface area contributed by atoms with E-state index in [0.717, 1.165) is 0 Å². The normalized spacial score (nSPS) is 10.1. The van der Waals surface area contributed by atoms with Crippen molar-refractivity contribution < 1.29 is 23.9 Å². The number of hydrogen-bond acceptors (Lipinski definition) is 5. The molecule has 1 N–H and O–H groups in total. The lowest BCUT2D eigenvalue weighted by molar-refractivity contribution is -0.120. The number of amides is 2. The summed E-state index contributed by atoms with van der Waals surface area (Å²) in [5.41, 5.74) is 1.02. The Morgan fingerprint density at radius 1 is 1.07 bits per heavy atom. The van der Waals surface area contributed by atoms with Crippen LogP contribution in [0.4, 0.5) is 11.4 Å². The summed E-state index contributed by atoms with van der Waals surface area (Å²) >= 11 is 6.17. The molecule has 142 valence electrons.